The van der Waals surface area contributed by atoms with Crippen LogP contribution in [-0.2, 0) is 6.54 Å². The van der Waals surface area contributed by atoms with Gasteiger partial charge in [0.25, 0.3) is 5.56 Å². The number of nitrogens with one attached hydrogen (secondary N) is 1. The van der Waals surface area contributed by atoms with E-state index in [0.717, 1.165) is 11.8 Å². The molecule has 0 aliphatic heterocycles. The number of aromatic nitrogens is 3. The topological polar surface area (TPSA) is 84.7 Å². The molecule has 5 nitrogen and oxygen atoms in total. The Bertz CT molecular complexity index is 844. The Morgan fingerprint density at radius 3 is 2.75 bits per heavy atom. The SMILES string of the molecule is NCc1n[nH]c(=O)c2ccc(-c3cncc(F)c3)cc12. The lowest BCUT2D eigenvalue weighted by Gasteiger charge is -2.06. The van der Waals surface area contributed by atoms with E-state index in [9.17, 15) is 9.18 Å². The van der Waals surface area contributed by atoms with E-state index >= 15 is 0 Å². The second-order valence-corrected chi connectivity index (χ2v) is 4.36. The highest BCUT2D eigenvalue weighted by molar-refractivity contribution is 5.88. The van der Waals surface area contributed by atoms with Crippen LogP contribution in [0.5, 0.6) is 0 Å². The van der Waals surface area contributed by atoms with E-state index in [0.29, 0.717) is 22.0 Å². The van der Waals surface area contributed by atoms with Gasteiger partial charge in [-0.25, -0.2) is 9.49 Å². The number of pyridine rings is 1. The zero-order valence-electron chi connectivity index (χ0n) is 10.4. The second kappa shape index (κ2) is 4.82. The first-order chi connectivity index (χ1) is 9.69. The highest BCUT2D eigenvalue weighted by atomic mass is 19.1. The van der Waals surface area contributed by atoms with Gasteiger partial charge in [-0.1, -0.05) is 6.07 Å². The molecule has 20 heavy (non-hydrogen) atoms. The number of aromatic amines is 1. The number of halogens is 1. The lowest BCUT2D eigenvalue weighted by molar-refractivity contribution is 0.622. The summed E-state index contributed by atoms with van der Waals surface area (Å²) < 4.78 is 13.2. The molecule has 0 bridgehead atoms. The van der Waals surface area contributed by atoms with Crippen molar-refractivity contribution in [2.45, 2.75) is 6.54 Å². The van der Waals surface area contributed by atoms with E-state index in [-0.39, 0.29) is 12.1 Å². The van der Waals surface area contributed by atoms with E-state index in [1.807, 2.05) is 0 Å². The van der Waals surface area contributed by atoms with Gasteiger partial charge in [-0.2, -0.15) is 5.10 Å². The largest absolute Gasteiger partial charge is 0.325 e. The van der Waals surface area contributed by atoms with Crippen LogP contribution in [0.3, 0.4) is 0 Å². The molecule has 0 fully saturated rings. The molecule has 3 rings (SSSR count). The molecule has 2 aromatic heterocycles. The molecule has 0 aliphatic rings. The van der Waals surface area contributed by atoms with Crippen LogP contribution in [-0.4, -0.2) is 15.2 Å². The Kier molecular flexibility index (Phi) is 3.00. The summed E-state index contributed by atoms with van der Waals surface area (Å²) in [6, 6.07) is 6.58. The van der Waals surface area contributed by atoms with Crippen LogP contribution >= 0.6 is 0 Å². The van der Waals surface area contributed by atoms with Gasteiger partial charge in [0.05, 0.1) is 17.3 Å². The molecule has 0 amide bonds. The average Bonchev–Trinajstić information content (AvgIpc) is 2.47. The predicted octanol–water partition coefficient (Wildman–Crippen LogP) is 1.58. The van der Waals surface area contributed by atoms with Crippen molar-refractivity contribution in [3.8, 4) is 11.1 Å². The van der Waals surface area contributed by atoms with Gasteiger partial charge in [-0.15, -0.1) is 0 Å². The summed E-state index contributed by atoms with van der Waals surface area (Å²) in [7, 11) is 0. The van der Waals surface area contributed by atoms with E-state index in [4.69, 9.17) is 5.73 Å². The fraction of sp³-hybridized carbons (Fsp3) is 0.0714. The third-order valence-electron chi connectivity index (χ3n) is 3.10. The van der Waals surface area contributed by atoms with Crippen molar-refractivity contribution in [1.82, 2.24) is 15.2 Å². The summed E-state index contributed by atoms with van der Waals surface area (Å²) in [5.74, 6) is -0.411. The normalized spacial score (nSPS) is 10.9. The first kappa shape index (κ1) is 12.4. The molecule has 1 aromatic carbocycles. The molecule has 3 aromatic rings. The molecule has 0 aliphatic carbocycles. The van der Waals surface area contributed by atoms with Crippen molar-refractivity contribution in [2.75, 3.05) is 0 Å². The maximum atomic E-state index is 13.2. The van der Waals surface area contributed by atoms with Crippen molar-refractivity contribution in [1.29, 1.82) is 0 Å². The van der Waals surface area contributed by atoms with Gasteiger partial charge in [0.15, 0.2) is 0 Å². The summed E-state index contributed by atoms with van der Waals surface area (Å²) in [6.45, 7) is 0.206. The first-order valence-electron chi connectivity index (χ1n) is 6.01. The number of hydrogen-bond acceptors (Lipinski definition) is 4. The Balaban J connectivity index is 2.27. The molecule has 100 valence electrons. The summed E-state index contributed by atoms with van der Waals surface area (Å²) in [4.78, 5) is 15.5. The molecule has 0 saturated carbocycles. The summed E-state index contributed by atoms with van der Waals surface area (Å²) >= 11 is 0. The fourth-order valence-corrected chi connectivity index (χ4v) is 2.12. The van der Waals surface area contributed by atoms with Crippen LogP contribution in [0.2, 0.25) is 0 Å². The molecule has 0 unspecified atom stereocenters. The van der Waals surface area contributed by atoms with Crippen LogP contribution < -0.4 is 11.3 Å². The van der Waals surface area contributed by atoms with Crippen LogP contribution in [0.1, 0.15) is 5.69 Å². The molecule has 0 radical (unpaired) electrons. The molecule has 0 atom stereocenters. The van der Waals surface area contributed by atoms with Gasteiger partial charge < -0.3 is 5.73 Å². The van der Waals surface area contributed by atoms with E-state index in [2.05, 4.69) is 15.2 Å². The summed E-state index contributed by atoms with van der Waals surface area (Å²) in [5.41, 5.74) is 7.32. The number of benzene rings is 1. The first-order valence-corrected chi connectivity index (χ1v) is 6.01. The minimum Gasteiger partial charge on any atom is -0.325 e. The van der Waals surface area contributed by atoms with Gasteiger partial charge in [0, 0.05) is 23.7 Å². The fourth-order valence-electron chi connectivity index (χ4n) is 2.12. The zero-order chi connectivity index (χ0) is 14.1. The number of hydrogen-bond donors (Lipinski definition) is 2. The standard InChI is InChI=1S/C14H11FN4O/c15-10-3-9(6-17-7-10)8-1-2-11-12(4-8)13(5-16)18-19-14(11)20/h1-4,6-7H,5,16H2,(H,19,20). The Morgan fingerprint density at radius 2 is 2.00 bits per heavy atom. The van der Waals surface area contributed by atoms with Crippen LogP contribution in [0.15, 0.2) is 41.5 Å². The van der Waals surface area contributed by atoms with Gasteiger partial charge in [-0.3, -0.25) is 9.78 Å². The average molecular weight is 270 g/mol. The van der Waals surface area contributed by atoms with Gasteiger partial charge in [0.1, 0.15) is 5.82 Å². The number of fused-ring (bicyclic) bond motifs is 1. The molecular weight excluding hydrogens is 259 g/mol. The van der Waals surface area contributed by atoms with Crippen molar-refractivity contribution >= 4 is 10.8 Å². The molecular formula is C14H11FN4O. The third-order valence-corrected chi connectivity index (χ3v) is 3.10. The predicted molar refractivity (Wildman–Crippen MR) is 73.4 cm³/mol. The van der Waals surface area contributed by atoms with Crippen molar-refractivity contribution < 1.29 is 4.39 Å². The maximum Gasteiger partial charge on any atom is 0.272 e. The van der Waals surface area contributed by atoms with Gasteiger partial charge in [-0.05, 0) is 23.8 Å². The molecule has 0 saturated heterocycles. The van der Waals surface area contributed by atoms with Crippen molar-refractivity contribution in [2.24, 2.45) is 5.73 Å². The number of rotatable bonds is 2. The van der Waals surface area contributed by atoms with Crippen molar-refractivity contribution in [3.63, 3.8) is 0 Å². The zero-order valence-corrected chi connectivity index (χ0v) is 10.4. The van der Waals surface area contributed by atoms with Crippen LogP contribution in [0, 0.1) is 5.82 Å². The van der Waals surface area contributed by atoms with Gasteiger partial charge in [0.2, 0.25) is 0 Å². The monoisotopic (exact) mass is 270 g/mol. The highest BCUT2D eigenvalue weighted by Crippen LogP contribution is 2.24. The highest BCUT2D eigenvalue weighted by Gasteiger charge is 2.08. The smallest absolute Gasteiger partial charge is 0.272 e. The Labute approximate surface area is 113 Å². The minimum atomic E-state index is -0.411. The molecule has 2 heterocycles. The molecule has 3 N–H and O–H groups in total. The number of H-pyrrole nitrogens is 1. The quantitative estimate of drug-likeness (QED) is 0.740. The number of nitrogens with two attached hydrogens (primary N) is 1. The second-order valence-electron chi connectivity index (χ2n) is 4.36. The van der Waals surface area contributed by atoms with Crippen LogP contribution in [0.25, 0.3) is 21.9 Å². The lowest BCUT2D eigenvalue weighted by atomic mass is 10.0. The van der Waals surface area contributed by atoms with E-state index in [1.165, 1.54) is 6.07 Å². The molecule has 6 heteroatoms. The van der Waals surface area contributed by atoms with E-state index in [1.54, 1.807) is 24.4 Å². The maximum absolute atomic E-state index is 13.2. The summed E-state index contributed by atoms with van der Waals surface area (Å²) in [5, 5.41) is 7.50. The minimum absolute atomic E-state index is 0.206. The van der Waals surface area contributed by atoms with Crippen molar-refractivity contribution in [3.05, 3.63) is 58.5 Å². The number of nitrogens with zero attached hydrogens (tertiary/aromatic N) is 2. The lowest BCUT2D eigenvalue weighted by Crippen LogP contribution is -2.13. The molecule has 0 spiro atoms. The summed E-state index contributed by atoms with van der Waals surface area (Å²) in [6.07, 6.45) is 2.70. The Hall–Kier alpha value is -2.60. The van der Waals surface area contributed by atoms with E-state index < -0.39 is 5.82 Å². The third kappa shape index (κ3) is 2.06. The van der Waals surface area contributed by atoms with Gasteiger partial charge >= 0.3 is 0 Å². The van der Waals surface area contributed by atoms with Crippen LogP contribution in [0.4, 0.5) is 4.39 Å². The Morgan fingerprint density at radius 1 is 1.15 bits per heavy atom.